The van der Waals surface area contributed by atoms with E-state index in [2.05, 4.69) is 5.32 Å². The third-order valence-electron chi connectivity index (χ3n) is 4.84. The number of benzene rings is 1. The Bertz CT molecular complexity index is 801. The van der Waals surface area contributed by atoms with Crippen LogP contribution in [0.15, 0.2) is 18.2 Å². The van der Waals surface area contributed by atoms with Gasteiger partial charge >= 0.3 is 11.9 Å². The van der Waals surface area contributed by atoms with E-state index in [4.69, 9.17) is 19.9 Å². The zero-order valence-corrected chi connectivity index (χ0v) is 17.9. The highest BCUT2D eigenvalue weighted by molar-refractivity contribution is 5.97. The first-order chi connectivity index (χ1) is 15.2. The van der Waals surface area contributed by atoms with Crippen LogP contribution in [0.2, 0.25) is 0 Å². The molecule has 0 saturated carbocycles. The van der Waals surface area contributed by atoms with Crippen molar-refractivity contribution in [3.05, 3.63) is 29.3 Å². The second kappa shape index (κ2) is 12.3. The van der Waals surface area contributed by atoms with Crippen LogP contribution in [0, 0.1) is 0 Å². The molecule has 1 fully saturated rings. The minimum Gasteiger partial charge on any atom is -0.479 e. The number of aliphatic hydroxyl groups excluding tert-OH is 2. The number of carbonyl (C=O) groups excluding carboxylic acids is 2. The topological polar surface area (TPSA) is 178 Å². The number of aliphatic hydroxyl groups is 2. The number of amides is 1. The van der Waals surface area contributed by atoms with Crippen LogP contribution in [0.25, 0.3) is 0 Å². The first-order valence-electron chi connectivity index (χ1n) is 10.4. The Morgan fingerprint density at radius 2 is 1.97 bits per heavy atom. The van der Waals surface area contributed by atoms with Crippen LogP contribution >= 0.6 is 0 Å². The number of carboxylic acids is 1. The van der Waals surface area contributed by atoms with E-state index in [1.807, 2.05) is 0 Å². The molecule has 1 aromatic rings. The zero-order chi connectivity index (χ0) is 23.7. The van der Waals surface area contributed by atoms with Gasteiger partial charge in [-0.1, -0.05) is 12.5 Å². The molecule has 0 bridgehead atoms. The highest BCUT2D eigenvalue weighted by Gasteiger charge is 2.42. The lowest BCUT2D eigenvalue weighted by atomic mass is 10.0. The molecule has 1 aliphatic heterocycles. The fourth-order valence-electron chi connectivity index (χ4n) is 3.14. The number of rotatable bonds is 11. The number of ether oxygens (including phenoxy) is 3. The first kappa shape index (κ1) is 25.5. The highest BCUT2D eigenvalue weighted by atomic mass is 16.7. The van der Waals surface area contributed by atoms with E-state index in [0.29, 0.717) is 18.7 Å². The second-order valence-electron chi connectivity index (χ2n) is 7.45. The molecule has 1 aliphatic rings. The number of aliphatic carboxylic acids is 1. The third-order valence-corrected chi connectivity index (χ3v) is 4.84. The van der Waals surface area contributed by atoms with E-state index in [0.717, 1.165) is 19.3 Å². The minimum atomic E-state index is -1.67. The van der Waals surface area contributed by atoms with Crippen molar-refractivity contribution in [2.75, 3.05) is 13.1 Å². The maximum Gasteiger partial charge on any atom is 0.335 e. The summed E-state index contributed by atoms with van der Waals surface area (Å²) in [6.45, 7) is 2.21. The predicted octanol–water partition coefficient (Wildman–Crippen LogP) is -0.0913. The Labute approximate surface area is 185 Å². The van der Waals surface area contributed by atoms with Gasteiger partial charge in [-0.15, -0.1) is 0 Å². The van der Waals surface area contributed by atoms with E-state index in [1.165, 1.54) is 19.1 Å². The van der Waals surface area contributed by atoms with Crippen LogP contribution in [-0.2, 0) is 25.7 Å². The van der Waals surface area contributed by atoms with Gasteiger partial charge < -0.3 is 40.6 Å². The molecule has 11 nitrogen and oxygen atoms in total. The molecule has 1 saturated heterocycles. The van der Waals surface area contributed by atoms with Crippen LogP contribution in [-0.4, -0.2) is 70.9 Å². The van der Waals surface area contributed by atoms with Gasteiger partial charge in [0.2, 0.25) is 6.29 Å². The maximum atomic E-state index is 12.8. The number of unbranched alkanes of at least 4 members (excludes halogenated alkanes) is 2. The number of carboxylic acid groups (broad SMARTS) is 1. The molecule has 1 amide bonds. The molecule has 4 atom stereocenters. The molecule has 178 valence electrons. The van der Waals surface area contributed by atoms with Crippen molar-refractivity contribution < 1.29 is 43.9 Å². The van der Waals surface area contributed by atoms with Crippen LogP contribution in [0.4, 0.5) is 0 Å². The summed E-state index contributed by atoms with van der Waals surface area (Å²) in [6, 6.07) is 4.55. The molecule has 0 radical (unpaired) electrons. The maximum absolute atomic E-state index is 12.8. The second-order valence-corrected chi connectivity index (χ2v) is 7.45. The van der Waals surface area contributed by atoms with E-state index < -0.39 is 42.4 Å². The lowest BCUT2D eigenvalue weighted by Crippen LogP contribution is -2.53. The molecule has 11 heteroatoms. The summed E-state index contributed by atoms with van der Waals surface area (Å²) in [5, 5.41) is 31.7. The van der Waals surface area contributed by atoms with Crippen LogP contribution in [0.5, 0.6) is 5.75 Å². The monoisotopic (exact) mass is 454 g/mol. The molecule has 32 heavy (non-hydrogen) atoms. The molecule has 0 spiro atoms. The number of carbonyl (C=O) groups is 3. The van der Waals surface area contributed by atoms with Gasteiger partial charge in [0.25, 0.3) is 5.91 Å². The number of hydrogen-bond donors (Lipinski definition) is 5. The molecule has 0 aliphatic carbocycles. The van der Waals surface area contributed by atoms with Crippen molar-refractivity contribution in [1.82, 2.24) is 5.32 Å². The smallest absolute Gasteiger partial charge is 0.335 e. The van der Waals surface area contributed by atoms with Gasteiger partial charge in [0.05, 0.1) is 11.7 Å². The quantitative estimate of drug-likeness (QED) is 0.224. The standard InChI is InChI=1S/C21H30N2O9/c1-12(24)30-11-13-5-6-16(14(9-13)20(27)23-8-4-2-3-7-22)31-17-10-15(25)18(26)19(32-17)21(28)29/h5-6,9,15,17-19,25-26H,2-4,7-8,10-11,22H2,1H3,(H,23,27)(H,28,29)/t15?,17-,18-,19?/m0/s1. The number of nitrogens with two attached hydrogens (primary N) is 1. The average molecular weight is 454 g/mol. The van der Waals surface area contributed by atoms with Gasteiger partial charge in [0.1, 0.15) is 18.5 Å². The number of esters is 1. The zero-order valence-electron chi connectivity index (χ0n) is 17.9. The van der Waals surface area contributed by atoms with Gasteiger partial charge in [-0.3, -0.25) is 9.59 Å². The van der Waals surface area contributed by atoms with Gasteiger partial charge in [0.15, 0.2) is 6.10 Å². The van der Waals surface area contributed by atoms with Gasteiger partial charge in [-0.05, 0) is 37.1 Å². The number of hydrogen-bond acceptors (Lipinski definition) is 9. The van der Waals surface area contributed by atoms with Gasteiger partial charge in [0, 0.05) is 19.9 Å². The Morgan fingerprint density at radius 3 is 2.62 bits per heavy atom. The predicted molar refractivity (Wildman–Crippen MR) is 111 cm³/mol. The summed E-state index contributed by atoms with van der Waals surface area (Å²) in [4.78, 5) is 35.1. The van der Waals surface area contributed by atoms with Crippen molar-refractivity contribution in [3.8, 4) is 5.75 Å². The van der Waals surface area contributed by atoms with Crippen LogP contribution in [0.3, 0.4) is 0 Å². The molecule has 2 unspecified atom stereocenters. The molecule has 0 aromatic heterocycles. The van der Waals surface area contributed by atoms with E-state index in [9.17, 15) is 29.7 Å². The fourth-order valence-corrected chi connectivity index (χ4v) is 3.14. The summed E-state index contributed by atoms with van der Waals surface area (Å²) in [5.74, 6) is -2.27. The molecular weight excluding hydrogens is 424 g/mol. The lowest BCUT2D eigenvalue weighted by molar-refractivity contribution is -0.228. The Morgan fingerprint density at radius 1 is 1.22 bits per heavy atom. The van der Waals surface area contributed by atoms with Crippen LogP contribution < -0.4 is 15.8 Å². The molecule has 1 heterocycles. The third kappa shape index (κ3) is 7.45. The number of nitrogens with one attached hydrogen (secondary N) is 1. The summed E-state index contributed by atoms with van der Waals surface area (Å²) >= 11 is 0. The molecular formula is C21H30N2O9. The van der Waals surface area contributed by atoms with Crippen molar-refractivity contribution in [2.45, 2.75) is 63.8 Å². The van der Waals surface area contributed by atoms with Crippen LogP contribution in [0.1, 0.15) is 48.5 Å². The van der Waals surface area contributed by atoms with Gasteiger partial charge in [-0.25, -0.2) is 4.79 Å². The highest BCUT2D eigenvalue weighted by Crippen LogP contribution is 2.27. The lowest BCUT2D eigenvalue weighted by Gasteiger charge is -2.35. The van der Waals surface area contributed by atoms with Crippen molar-refractivity contribution in [3.63, 3.8) is 0 Å². The van der Waals surface area contributed by atoms with Crippen molar-refractivity contribution >= 4 is 17.8 Å². The summed E-state index contributed by atoms with van der Waals surface area (Å²) in [5.41, 5.74) is 6.14. The average Bonchev–Trinajstić information content (AvgIpc) is 2.74. The fraction of sp³-hybridized carbons (Fsp3) is 0.571. The normalized spacial score (nSPS) is 22.8. The van der Waals surface area contributed by atoms with Crippen molar-refractivity contribution in [1.29, 1.82) is 0 Å². The summed E-state index contributed by atoms with van der Waals surface area (Å²) < 4.78 is 15.9. The van der Waals surface area contributed by atoms with E-state index in [-0.39, 0.29) is 24.3 Å². The summed E-state index contributed by atoms with van der Waals surface area (Å²) in [6.07, 6.45) is -3.61. The van der Waals surface area contributed by atoms with E-state index >= 15 is 0 Å². The molecule has 6 N–H and O–H groups in total. The Kier molecular flexibility index (Phi) is 9.85. The SMILES string of the molecule is CC(=O)OCc1ccc(O[C@@H]2CC(O)[C@H](O)C(C(=O)O)O2)c(C(=O)NCCCCCN)c1. The van der Waals surface area contributed by atoms with E-state index in [1.54, 1.807) is 6.07 Å². The first-order valence-corrected chi connectivity index (χ1v) is 10.4. The Hall–Kier alpha value is -2.73. The molecule has 2 rings (SSSR count). The largest absolute Gasteiger partial charge is 0.479 e. The van der Waals surface area contributed by atoms with Gasteiger partial charge in [-0.2, -0.15) is 0 Å². The summed E-state index contributed by atoms with van der Waals surface area (Å²) in [7, 11) is 0. The minimum absolute atomic E-state index is 0.0433. The Balaban J connectivity index is 2.17. The van der Waals surface area contributed by atoms with Crippen molar-refractivity contribution in [2.24, 2.45) is 5.73 Å². The molecule has 1 aromatic carbocycles.